The summed E-state index contributed by atoms with van der Waals surface area (Å²) in [6, 6.07) is 4.44. The Labute approximate surface area is 106 Å². The molecule has 1 aromatic rings. The fourth-order valence-electron chi connectivity index (χ4n) is 1.70. The second-order valence-electron chi connectivity index (χ2n) is 4.51. The van der Waals surface area contributed by atoms with Gasteiger partial charge in [-0.2, -0.15) is 0 Å². The normalized spacial score (nSPS) is 23.6. The maximum Gasteiger partial charge on any atom is 0.242 e. The molecule has 0 bridgehead atoms. The highest BCUT2D eigenvalue weighted by molar-refractivity contribution is 7.89. The van der Waals surface area contributed by atoms with Crippen molar-refractivity contribution in [1.29, 1.82) is 0 Å². The SMILES string of the molecule is CC1CC1CNS(=O)(=O)c1cc(N)ccc1Cl. The van der Waals surface area contributed by atoms with Crippen molar-refractivity contribution in [3.05, 3.63) is 23.2 Å². The number of nitrogen functional groups attached to an aromatic ring is 1. The van der Waals surface area contributed by atoms with Crippen LogP contribution in [-0.2, 0) is 10.0 Å². The van der Waals surface area contributed by atoms with Crippen molar-refractivity contribution in [3.8, 4) is 0 Å². The average molecular weight is 275 g/mol. The van der Waals surface area contributed by atoms with Crippen LogP contribution in [0.3, 0.4) is 0 Å². The zero-order valence-corrected chi connectivity index (χ0v) is 11.1. The molecule has 2 rings (SSSR count). The van der Waals surface area contributed by atoms with Gasteiger partial charge in [-0.15, -0.1) is 0 Å². The summed E-state index contributed by atoms with van der Waals surface area (Å²) >= 11 is 5.87. The van der Waals surface area contributed by atoms with Crippen molar-refractivity contribution < 1.29 is 8.42 Å². The summed E-state index contributed by atoms with van der Waals surface area (Å²) in [4.78, 5) is 0.0486. The molecule has 6 heteroatoms. The molecule has 17 heavy (non-hydrogen) atoms. The van der Waals surface area contributed by atoms with Crippen LogP contribution in [0.2, 0.25) is 5.02 Å². The van der Waals surface area contributed by atoms with E-state index in [1.54, 1.807) is 6.07 Å². The van der Waals surface area contributed by atoms with Gasteiger partial charge in [0.1, 0.15) is 4.90 Å². The number of benzene rings is 1. The van der Waals surface area contributed by atoms with Gasteiger partial charge in [0.05, 0.1) is 5.02 Å². The molecule has 1 aromatic carbocycles. The van der Waals surface area contributed by atoms with Gasteiger partial charge in [0, 0.05) is 12.2 Å². The van der Waals surface area contributed by atoms with Gasteiger partial charge in [-0.1, -0.05) is 18.5 Å². The van der Waals surface area contributed by atoms with Crippen LogP contribution in [0.4, 0.5) is 5.69 Å². The first-order valence-electron chi connectivity index (χ1n) is 5.45. The maximum absolute atomic E-state index is 12.0. The van der Waals surface area contributed by atoms with Gasteiger partial charge < -0.3 is 5.73 Å². The summed E-state index contributed by atoms with van der Waals surface area (Å²) in [5.74, 6) is 1.05. The average Bonchev–Trinajstić information content (AvgIpc) is 2.96. The first-order chi connectivity index (χ1) is 7.90. The smallest absolute Gasteiger partial charge is 0.242 e. The van der Waals surface area contributed by atoms with Crippen molar-refractivity contribution in [1.82, 2.24) is 4.72 Å². The Morgan fingerprint density at radius 3 is 2.76 bits per heavy atom. The molecule has 2 unspecified atom stereocenters. The van der Waals surface area contributed by atoms with E-state index in [1.165, 1.54) is 12.1 Å². The maximum atomic E-state index is 12.0. The molecule has 1 aliphatic rings. The number of rotatable bonds is 4. The Kier molecular flexibility index (Phi) is 3.34. The van der Waals surface area contributed by atoms with E-state index in [2.05, 4.69) is 11.6 Å². The lowest BCUT2D eigenvalue weighted by molar-refractivity contribution is 0.574. The molecule has 1 saturated carbocycles. The van der Waals surface area contributed by atoms with Gasteiger partial charge in [-0.05, 0) is 36.5 Å². The molecule has 4 nitrogen and oxygen atoms in total. The summed E-state index contributed by atoms with van der Waals surface area (Å²) in [5.41, 5.74) is 5.95. The van der Waals surface area contributed by atoms with E-state index in [9.17, 15) is 8.42 Å². The van der Waals surface area contributed by atoms with Crippen LogP contribution in [-0.4, -0.2) is 15.0 Å². The molecule has 0 heterocycles. The summed E-state index contributed by atoms with van der Waals surface area (Å²) < 4.78 is 26.6. The summed E-state index contributed by atoms with van der Waals surface area (Å²) in [7, 11) is -3.55. The summed E-state index contributed by atoms with van der Waals surface area (Å²) in [6.07, 6.45) is 1.08. The number of anilines is 1. The molecule has 0 saturated heterocycles. The molecule has 0 radical (unpaired) electrons. The standard InChI is InChI=1S/C11H15ClN2O2S/c1-7-4-8(7)6-14-17(15,16)11-5-9(13)2-3-10(11)12/h2-3,5,7-8,14H,4,6,13H2,1H3. The third-order valence-corrected chi connectivity index (χ3v) is 4.96. The number of sulfonamides is 1. The summed E-state index contributed by atoms with van der Waals surface area (Å²) in [6.45, 7) is 2.57. The molecular weight excluding hydrogens is 260 g/mol. The topological polar surface area (TPSA) is 72.2 Å². The van der Waals surface area contributed by atoms with E-state index in [1.807, 2.05) is 0 Å². The minimum absolute atomic E-state index is 0.0486. The highest BCUT2D eigenvalue weighted by Gasteiger charge is 2.33. The van der Waals surface area contributed by atoms with Crippen molar-refractivity contribution in [3.63, 3.8) is 0 Å². The molecule has 2 atom stereocenters. The van der Waals surface area contributed by atoms with E-state index in [-0.39, 0.29) is 9.92 Å². The lowest BCUT2D eigenvalue weighted by atomic mass is 10.3. The lowest BCUT2D eigenvalue weighted by Crippen LogP contribution is -2.26. The Balaban J connectivity index is 2.16. The van der Waals surface area contributed by atoms with E-state index in [0.29, 0.717) is 24.1 Å². The zero-order valence-electron chi connectivity index (χ0n) is 9.48. The number of hydrogen-bond acceptors (Lipinski definition) is 3. The molecule has 0 aliphatic heterocycles. The molecule has 1 aliphatic carbocycles. The van der Waals surface area contributed by atoms with Crippen LogP contribution >= 0.6 is 11.6 Å². The van der Waals surface area contributed by atoms with Crippen molar-refractivity contribution in [2.75, 3.05) is 12.3 Å². The second-order valence-corrected chi connectivity index (χ2v) is 6.66. The van der Waals surface area contributed by atoms with Crippen molar-refractivity contribution in [2.24, 2.45) is 11.8 Å². The van der Waals surface area contributed by atoms with E-state index in [4.69, 9.17) is 17.3 Å². The molecule has 1 fully saturated rings. The van der Waals surface area contributed by atoms with Crippen LogP contribution in [0, 0.1) is 11.8 Å². The van der Waals surface area contributed by atoms with Crippen molar-refractivity contribution >= 4 is 27.3 Å². The highest BCUT2D eigenvalue weighted by atomic mass is 35.5. The molecule has 94 valence electrons. The zero-order chi connectivity index (χ0) is 12.6. The minimum atomic E-state index is -3.55. The van der Waals surface area contributed by atoms with Gasteiger partial charge in [0.25, 0.3) is 0 Å². The Morgan fingerprint density at radius 2 is 2.18 bits per heavy atom. The largest absolute Gasteiger partial charge is 0.399 e. The van der Waals surface area contributed by atoms with E-state index < -0.39 is 10.0 Å². The Morgan fingerprint density at radius 1 is 1.53 bits per heavy atom. The number of nitrogens with one attached hydrogen (secondary N) is 1. The first-order valence-corrected chi connectivity index (χ1v) is 7.31. The van der Waals surface area contributed by atoms with Crippen LogP contribution in [0.25, 0.3) is 0 Å². The molecular formula is C11H15ClN2O2S. The molecule has 0 spiro atoms. The monoisotopic (exact) mass is 274 g/mol. The van der Waals surface area contributed by atoms with Gasteiger partial charge in [-0.25, -0.2) is 13.1 Å². The van der Waals surface area contributed by atoms with Gasteiger partial charge in [-0.3, -0.25) is 0 Å². The third kappa shape index (κ3) is 2.91. The first kappa shape index (κ1) is 12.7. The van der Waals surface area contributed by atoms with Gasteiger partial charge in [0.15, 0.2) is 0 Å². The van der Waals surface area contributed by atoms with Crippen molar-refractivity contribution in [2.45, 2.75) is 18.2 Å². The molecule has 3 N–H and O–H groups in total. The summed E-state index contributed by atoms with van der Waals surface area (Å²) in [5, 5.41) is 0.190. The molecule has 0 amide bonds. The van der Waals surface area contributed by atoms with Gasteiger partial charge >= 0.3 is 0 Å². The van der Waals surface area contributed by atoms with Crippen LogP contribution in [0.1, 0.15) is 13.3 Å². The number of hydrogen-bond donors (Lipinski definition) is 2. The minimum Gasteiger partial charge on any atom is -0.399 e. The Hall–Kier alpha value is -0.780. The Bertz CT molecular complexity index is 530. The predicted octanol–water partition coefficient (Wildman–Crippen LogP) is 1.86. The van der Waals surface area contributed by atoms with E-state index >= 15 is 0 Å². The van der Waals surface area contributed by atoms with Crippen LogP contribution in [0.5, 0.6) is 0 Å². The fraction of sp³-hybridized carbons (Fsp3) is 0.455. The second kappa shape index (κ2) is 4.48. The highest BCUT2D eigenvalue weighted by Crippen LogP contribution is 2.37. The van der Waals surface area contributed by atoms with E-state index in [0.717, 1.165) is 6.42 Å². The van der Waals surface area contributed by atoms with Gasteiger partial charge in [0.2, 0.25) is 10.0 Å². The fourth-order valence-corrected chi connectivity index (χ4v) is 3.33. The van der Waals surface area contributed by atoms with Crippen LogP contribution in [0.15, 0.2) is 23.1 Å². The number of halogens is 1. The molecule has 0 aromatic heterocycles. The third-order valence-electron chi connectivity index (χ3n) is 3.06. The predicted molar refractivity (Wildman–Crippen MR) is 68.3 cm³/mol. The quantitative estimate of drug-likeness (QED) is 0.823. The number of nitrogens with two attached hydrogens (primary N) is 1. The van der Waals surface area contributed by atoms with Crippen LogP contribution < -0.4 is 10.5 Å². The lowest BCUT2D eigenvalue weighted by Gasteiger charge is -2.08.